The van der Waals surface area contributed by atoms with E-state index in [0.717, 1.165) is 13.6 Å². The monoisotopic (exact) mass is 870 g/mol. The SMILES string of the molecule is CCOC(=O)C1=C(C)N=c2s/c(=C/c3cc(Br)cc(I)c3OCc3ccc(Cl)cc3Cl)c(=O)n2[C@H]1c1ccc(OC(C)C)c(OC)c1. The minimum atomic E-state index is -0.820. The lowest BCUT2D eigenvalue weighted by molar-refractivity contribution is -0.139. The molecule has 8 nitrogen and oxygen atoms in total. The molecule has 0 radical (unpaired) electrons. The number of esters is 1. The molecule has 0 saturated heterocycles. The number of benzene rings is 3. The standard InChI is InChI=1S/C34H30BrCl2IN2O6S/c1-6-44-33(42)29-18(4)39-34-40(30(29)19-8-10-26(46-17(2)3)27(12-19)43-5)32(41)28(47-34)13-21-11-22(35)14-25(38)31(21)45-16-20-7-9-23(36)15-24(20)37/h7-15,17,30H,6,16H2,1-5H3/b28-13+/t30-/m0/s1. The van der Waals surface area contributed by atoms with Gasteiger partial charge in [0.05, 0.1) is 45.2 Å². The van der Waals surface area contributed by atoms with Crippen LogP contribution < -0.4 is 29.1 Å². The van der Waals surface area contributed by atoms with Crippen molar-refractivity contribution in [3.63, 3.8) is 0 Å². The lowest BCUT2D eigenvalue weighted by Gasteiger charge is -2.25. The normalized spacial score (nSPS) is 14.6. The van der Waals surface area contributed by atoms with Crippen LogP contribution in [0.3, 0.4) is 0 Å². The van der Waals surface area contributed by atoms with E-state index in [1.54, 1.807) is 51.3 Å². The van der Waals surface area contributed by atoms with Crippen molar-refractivity contribution in [2.45, 2.75) is 46.4 Å². The molecule has 1 aliphatic heterocycles. The average Bonchev–Trinajstić information content (AvgIpc) is 3.30. The summed E-state index contributed by atoms with van der Waals surface area (Å²) < 4.78 is 26.9. The number of carbonyl (C=O) groups excluding carboxylic acids is 1. The molecule has 5 rings (SSSR count). The highest BCUT2D eigenvalue weighted by Gasteiger charge is 2.34. The molecule has 1 aliphatic rings. The van der Waals surface area contributed by atoms with Gasteiger partial charge in [-0.15, -0.1) is 0 Å². The van der Waals surface area contributed by atoms with Gasteiger partial charge in [0, 0.05) is 25.6 Å². The molecular formula is C34H30BrCl2IN2O6S. The van der Waals surface area contributed by atoms with Gasteiger partial charge >= 0.3 is 5.97 Å². The predicted octanol–water partition coefficient (Wildman–Crippen LogP) is 7.85. The van der Waals surface area contributed by atoms with Crippen molar-refractivity contribution >= 4 is 85.1 Å². The van der Waals surface area contributed by atoms with Crippen LogP contribution in [0.1, 0.15) is 50.4 Å². The molecule has 13 heteroatoms. The molecular weight excluding hydrogens is 842 g/mol. The van der Waals surface area contributed by atoms with E-state index < -0.39 is 12.0 Å². The summed E-state index contributed by atoms with van der Waals surface area (Å²) in [5.74, 6) is 1.06. The highest BCUT2D eigenvalue weighted by molar-refractivity contribution is 14.1. The van der Waals surface area contributed by atoms with Gasteiger partial charge in [-0.1, -0.05) is 62.6 Å². The third kappa shape index (κ3) is 7.75. The molecule has 1 aromatic heterocycles. The number of nitrogens with zero attached hydrogens (tertiary/aromatic N) is 2. The molecule has 0 unspecified atom stereocenters. The van der Waals surface area contributed by atoms with Crippen molar-refractivity contribution < 1.29 is 23.7 Å². The molecule has 3 aromatic carbocycles. The first kappa shape index (κ1) is 35.5. The summed E-state index contributed by atoms with van der Waals surface area (Å²) >= 11 is 19.5. The van der Waals surface area contributed by atoms with Crippen molar-refractivity contribution in [3.05, 3.63) is 114 Å². The fourth-order valence-corrected chi connectivity index (χ4v) is 8.29. The smallest absolute Gasteiger partial charge is 0.338 e. The van der Waals surface area contributed by atoms with Crippen LogP contribution in [0.5, 0.6) is 17.2 Å². The number of hydrogen-bond acceptors (Lipinski definition) is 8. The third-order valence-corrected chi connectivity index (χ3v) is 9.92. The molecule has 1 atom stereocenters. The Bertz CT molecular complexity index is 2080. The van der Waals surface area contributed by atoms with E-state index in [0.29, 0.717) is 53.5 Å². The van der Waals surface area contributed by atoms with Gasteiger partial charge in [-0.3, -0.25) is 9.36 Å². The third-order valence-electron chi connectivity index (χ3n) is 7.09. The summed E-state index contributed by atoms with van der Waals surface area (Å²) in [5, 5.41) is 1.03. The summed E-state index contributed by atoms with van der Waals surface area (Å²) in [5.41, 5.74) is 2.49. The molecule has 0 fully saturated rings. The largest absolute Gasteiger partial charge is 0.493 e. The Morgan fingerprint density at radius 1 is 1.15 bits per heavy atom. The Kier molecular flexibility index (Phi) is 11.4. The average molecular weight is 872 g/mol. The number of thiazole rings is 1. The van der Waals surface area contributed by atoms with Crippen molar-refractivity contribution in [3.8, 4) is 17.2 Å². The quantitative estimate of drug-likeness (QED) is 0.119. The highest BCUT2D eigenvalue weighted by atomic mass is 127. The van der Waals surface area contributed by atoms with Crippen LogP contribution in [-0.2, 0) is 16.1 Å². The molecule has 0 N–H and O–H groups in total. The Labute approximate surface area is 307 Å². The summed E-state index contributed by atoms with van der Waals surface area (Å²) in [6.07, 6.45) is 1.69. The highest BCUT2D eigenvalue weighted by Crippen LogP contribution is 2.37. The zero-order chi connectivity index (χ0) is 34.0. The van der Waals surface area contributed by atoms with Gasteiger partial charge in [-0.2, -0.15) is 0 Å². The first-order chi connectivity index (χ1) is 22.4. The van der Waals surface area contributed by atoms with Crippen molar-refractivity contribution in [2.75, 3.05) is 13.7 Å². The van der Waals surface area contributed by atoms with Crippen molar-refractivity contribution in [1.29, 1.82) is 0 Å². The lowest BCUT2D eigenvalue weighted by atomic mass is 9.95. The molecule has 4 aromatic rings. The van der Waals surface area contributed by atoms with Gasteiger partial charge < -0.3 is 18.9 Å². The number of ether oxygens (including phenoxy) is 4. The molecule has 0 aliphatic carbocycles. The number of rotatable bonds is 10. The van der Waals surface area contributed by atoms with Gasteiger partial charge in [0.15, 0.2) is 16.3 Å². The topological polar surface area (TPSA) is 88.4 Å². The van der Waals surface area contributed by atoms with Crippen LogP contribution in [0.25, 0.3) is 6.08 Å². The van der Waals surface area contributed by atoms with Crippen LogP contribution in [0.2, 0.25) is 10.0 Å². The molecule has 0 bridgehead atoms. The number of carbonyl (C=O) groups is 1. The maximum Gasteiger partial charge on any atom is 0.338 e. The number of hydrogen-bond donors (Lipinski definition) is 0. The van der Waals surface area contributed by atoms with Gasteiger partial charge in [-0.05, 0) is 98.3 Å². The van der Waals surface area contributed by atoms with Gasteiger partial charge in [0.1, 0.15) is 12.4 Å². The van der Waals surface area contributed by atoms with E-state index >= 15 is 0 Å². The summed E-state index contributed by atoms with van der Waals surface area (Å²) in [4.78, 5) is 32.8. The van der Waals surface area contributed by atoms with Crippen LogP contribution in [0.4, 0.5) is 0 Å². The molecule has 0 spiro atoms. The Hall–Kier alpha value is -2.84. The molecule has 0 amide bonds. The second-order valence-electron chi connectivity index (χ2n) is 10.7. The van der Waals surface area contributed by atoms with Crippen molar-refractivity contribution in [2.24, 2.45) is 4.99 Å². The first-order valence-electron chi connectivity index (χ1n) is 14.5. The number of halogens is 4. The van der Waals surface area contributed by atoms with Crippen molar-refractivity contribution in [1.82, 2.24) is 4.57 Å². The summed E-state index contributed by atoms with van der Waals surface area (Å²) in [6.45, 7) is 7.68. The fraction of sp³-hybridized carbons (Fsp3) is 0.265. The number of fused-ring (bicyclic) bond motifs is 1. The maximum absolute atomic E-state index is 14.3. The molecule has 246 valence electrons. The molecule has 47 heavy (non-hydrogen) atoms. The van der Waals surface area contributed by atoms with E-state index in [-0.39, 0.29) is 30.5 Å². The van der Waals surface area contributed by atoms with Crippen LogP contribution >= 0.6 is 73.1 Å². The van der Waals surface area contributed by atoms with E-state index in [1.165, 1.54) is 15.9 Å². The maximum atomic E-state index is 14.3. The lowest BCUT2D eigenvalue weighted by Crippen LogP contribution is -2.40. The van der Waals surface area contributed by atoms with Gasteiger partial charge in [0.25, 0.3) is 5.56 Å². The Morgan fingerprint density at radius 2 is 1.91 bits per heavy atom. The Morgan fingerprint density at radius 3 is 2.60 bits per heavy atom. The summed E-state index contributed by atoms with van der Waals surface area (Å²) in [7, 11) is 1.55. The summed E-state index contributed by atoms with van der Waals surface area (Å²) in [6, 6.07) is 13.6. The zero-order valence-corrected chi connectivity index (χ0v) is 32.1. The first-order valence-corrected chi connectivity index (χ1v) is 18.0. The second kappa shape index (κ2) is 15.1. The van der Waals surface area contributed by atoms with Crippen LogP contribution in [0, 0.1) is 3.57 Å². The van der Waals surface area contributed by atoms with E-state index in [1.807, 2.05) is 38.1 Å². The number of aromatic nitrogens is 1. The van der Waals surface area contributed by atoms with E-state index in [4.69, 9.17) is 47.1 Å². The van der Waals surface area contributed by atoms with Crippen LogP contribution in [-0.4, -0.2) is 30.4 Å². The van der Waals surface area contributed by atoms with E-state index in [2.05, 4.69) is 38.5 Å². The molecule has 2 heterocycles. The number of allylic oxidation sites excluding steroid dienone is 1. The minimum Gasteiger partial charge on any atom is -0.493 e. The minimum absolute atomic E-state index is 0.0808. The van der Waals surface area contributed by atoms with Gasteiger partial charge in [0.2, 0.25) is 0 Å². The van der Waals surface area contributed by atoms with E-state index in [9.17, 15) is 9.59 Å². The predicted molar refractivity (Wildman–Crippen MR) is 197 cm³/mol. The Balaban J connectivity index is 1.66. The second-order valence-corrected chi connectivity index (χ2v) is 14.6. The van der Waals surface area contributed by atoms with Gasteiger partial charge in [-0.25, -0.2) is 9.79 Å². The zero-order valence-electron chi connectivity index (χ0n) is 26.0. The fourth-order valence-electron chi connectivity index (χ4n) is 5.08. The van der Waals surface area contributed by atoms with Crippen LogP contribution in [0.15, 0.2) is 74.1 Å². The number of methoxy groups -OCH3 is 1. The molecule has 0 saturated carbocycles.